The normalized spacial score (nSPS) is 22.8. The Morgan fingerprint density at radius 3 is 2.25 bits per heavy atom. The van der Waals surface area contributed by atoms with Gasteiger partial charge in [-0.15, -0.1) is 0 Å². The van der Waals surface area contributed by atoms with Crippen LogP contribution in [0, 0.1) is 11.8 Å². The van der Waals surface area contributed by atoms with E-state index in [4.69, 9.17) is 0 Å². The van der Waals surface area contributed by atoms with Crippen LogP contribution in [-0.4, -0.2) is 11.6 Å². The van der Waals surface area contributed by atoms with Gasteiger partial charge in [0.25, 0.3) is 0 Å². The Kier molecular flexibility index (Phi) is 3.00. The van der Waals surface area contributed by atoms with E-state index in [2.05, 4.69) is 57.8 Å². The highest BCUT2D eigenvalue weighted by Gasteiger charge is 2.44. The first kappa shape index (κ1) is 11.9. The molecule has 0 N–H and O–H groups in total. The van der Waals surface area contributed by atoms with Gasteiger partial charge >= 0.3 is 0 Å². The second-order valence-corrected chi connectivity index (χ2v) is 7.20. The summed E-state index contributed by atoms with van der Waals surface area (Å²) in [7, 11) is 0.192. The fraction of sp³-hybridized carbons (Fsp3) is 0.533. The summed E-state index contributed by atoms with van der Waals surface area (Å²) in [6, 6.07) is 8.94. The van der Waals surface area contributed by atoms with Crippen molar-refractivity contribution in [1.82, 2.24) is 0 Å². The third-order valence-electron chi connectivity index (χ3n) is 4.17. The monoisotopic (exact) mass is 234 g/mol. The molecule has 0 spiro atoms. The molecular weight excluding hydrogens is 212 g/mol. The summed E-state index contributed by atoms with van der Waals surface area (Å²) >= 11 is 0. The molecule has 2 rings (SSSR count). The first-order valence-corrected chi connectivity index (χ1v) is 7.66. The maximum absolute atomic E-state index is 4.37. The van der Waals surface area contributed by atoms with Crippen molar-refractivity contribution < 1.29 is 0 Å². The maximum Gasteiger partial charge on any atom is 0.00989 e. The molecule has 0 nitrogen and oxygen atoms in total. The van der Waals surface area contributed by atoms with Crippen LogP contribution in [0.15, 0.2) is 29.2 Å². The van der Waals surface area contributed by atoms with Crippen molar-refractivity contribution in [3.05, 3.63) is 29.8 Å². The zero-order chi connectivity index (χ0) is 11.9. The summed E-state index contributed by atoms with van der Waals surface area (Å²) in [6.45, 7) is 9.44. The number of hydrogen-bond acceptors (Lipinski definition) is 0. The van der Waals surface area contributed by atoms with Crippen LogP contribution < -0.4 is 0 Å². The first-order chi connectivity index (χ1) is 7.50. The van der Waals surface area contributed by atoms with Crippen LogP contribution in [0.3, 0.4) is 0 Å². The van der Waals surface area contributed by atoms with Crippen molar-refractivity contribution in [3.63, 3.8) is 0 Å². The summed E-state index contributed by atoms with van der Waals surface area (Å²) in [5.41, 5.74) is 1.92. The molecule has 0 aromatic heterocycles. The fourth-order valence-electron chi connectivity index (χ4n) is 3.17. The van der Waals surface area contributed by atoms with Gasteiger partial charge in [0, 0.05) is 16.1 Å². The summed E-state index contributed by atoms with van der Waals surface area (Å²) in [6.07, 6.45) is 0. The van der Waals surface area contributed by atoms with E-state index in [-0.39, 0.29) is 10.5 Å². The molecule has 0 amide bonds. The Hall–Kier alpha value is -0.560. The Morgan fingerprint density at radius 1 is 1.12 bits per heavy atom. The third kappa shape index (κ3) is 1.48. The molecule has 1 atom stereocenters. The van der Waals surface area contributed by atoms with Gasteiger partial charge in [0.05, 0.1) is 0 Å². The minimum Gasteiger partial charge on any atom is -0.161 e. The third-order valence-corrected chi connectivity index (χ3v) is 5.98. The predicted octanol–water partition coefficient (Wildman–Crippen LogP) is 4.31. The van der Waals surface area contributed by atoms with E-state index in [1.807, 2.05) is 0 Å². The lowest BCUT2D eigenvalue weighted by molar-refractivity contribution is 0.253. The van der Waals surface area contributed by atoms with Crippen LogP contribution in [0.4, 0.5) is 0 Å². The molecule has 1 aromatic carbocycles. The molecule has 1 aliphatic heterocycles. The summed E-state index contributed by atoms with van der Waals surface area (Å²) in [4.78, 5) is 1.50. The largest absolute Gasteiger partial charge is 0.161 e. The Bertz CT molecular complexity index is 407. The molecule has 0 bridgehead atoms. The van der Waals surface area contributed by atoms with Crippen molar-refractivity contribution in [2.45, 2.75) is 38.0 Å². The smallest absolute Gasteiger partial charge is 0.00989 e. The molecule has 1 heteroatoms. The zero-order valence-electron chi connectivity index (χ0n) is 10.8. The van der Waals surface area contributed by atoms with Crippen molar-refractivity contribution >= 4 is 16.4 Å². The molecule has 1 aliphatic rings. The van der Waals surface area contributed by atoms with Gasteiger partial charge in [-0.3, -0.25) is 0 Å². The van der Waals surface area contributed by atoms with Crippen molar-refractivity contribution in [2.24, 2.45) is 11.8 Å². The van der Waals surface area contributed by atoms with Crippen LogP contribution in [0.5, 0.6) is 0 Å². The highest BCUT2D eigenvalue weighted by molar-refractivity contribution is 8.14. The maximum atomic E-state index is 4.37. The van der Waals surface area contributed by atoms with E-state index in [9.17, 15) is 0 Å². The number of rotatable bonds is 2. The van der Waals surface area contributed by atoms with Crippen LogP contribution in [0.25, 0.3) is 0 Å². The first-order valence-electron chi connectivity index (χ1n) is 6.10. The average molecular weight is 234 g/mol. The number of hydrogen-bond donors (Lipinski definition) is 0. The lowest BCUT2D eigenvalue weighted by Gasteiger charge is -2.38. The Morgan fingerprint density at radius 2 is 1.69 bits per heavy atom. The number of benzene rings is 1. The second kappa shape index (κ2) is 4.03. The lowest BCUT2D eigenvalue weighted by atomic mass is 9.66. The molecule has 0 aliphatic carbocycles. The van der Waals surface area contributed by atoms with E-state index < -0.39 is 0 Å². The summed E-state index contributed by atoms with van der Waals surface area (Å²) < 4.78 is 0. The standard InChI is InChI=1S/C15H22S/c1-11(2)15(12(3)4)10-16(5)14-9-7-6-8-13(14)15/h6-9,11-12H,5,10H2,1-4H3. The van der Waals surface area contributed by atoms with Gasteiger partial charge in [-0.05, 0) is 23.5 Å². The predicted molar refractivity (Wildman–Crippen MR) is 75.6 cm³/mol. The molecule has 0 saturated carbocycles. The minimum absolute atomic E-state index is 0.192. The minimum atomic E-state index is 0.192. The fourth-order valence-corrected chi connectivity index (χ4v) is 5.56. The molecule has 1 unspecified atom stereocenters. The highest BCUT2D eigenvalue weighted by Crippen LogP contribution is 2.54. The second-order valence-electron chi connectivity index (χ2n) is 5.48. The highest BCUT2D eigenvalue weighted by atomic mass is 32.2. The van der Waals surface area contributed by atoms with Gasteiger partial charge in [0.1, 0.15) is 0 Å². The van der Waals surface area contributed by atoms with Crippen LogP contribution in [0.2, 0.25) is 0 Å². The van der Waals surface area contributed by atoms with E-state index in [1.165, 1.54) is 10.6 Å². The van der Waals surface area contributed by atoms with Crippen molar-refractivity contribution in [3.8, 4) is 0 Å². The SMILES string of the molecule is C=S1CC(C(C)C)(C(C)C)c2ccccc21. The topological polar surface area (TPSA) is 0 Å². The Labute approximate surface area is 102 Å². The lowest BCUT2D eigenvalue weighted by Crippen LogP contribution is -2.38. The quantitative estimate of drug-likeness (QED) is 0.669. The number of fused-ring (bicyclic) bond motifs is 1. The van der Waals surface area contributed by atoms with Crippen molar-refractivity contribution in [2.75, 3.05) is 5.75 Å². The molecule has 0 fully saturated rings. The van der Waals surface area contributed by atoms with Gasteiger partial charge in [-0.1, -0.05) is 51.8 Å². The van der Waals surface area contributed by atoms with Gasteiger partial charge in [-0.25, -0.2) is 0 Å². The van der Waals surface area contributed by atoms with E-state index in [0.29, 0.717) is 17.3 Å². The molecule has 16 heavy (non-hydrogen) atoms. The summed E-state index contributed by atoms with van der Waals surface area (Å²) in [5.74, 6) is 6.98. The van der Waals surface area contributed by atoms with Crippen LogP contribution in [-0.2, 0) is 5.41 Å². The van der Waals surface area contributed by atoms with E-state index >= 15 is 0 Å². The Balaban J connectivity index is 2.64. The molecule has 0 saturated heterocycles. The van der Waals surface area contributed by atoms with Gasteiger partial charge in [-0.2, -0.15) is 10.5 Å². The average Bonchev–Trinajstić information content (AvgIpc) is 2.54. The molecule has 1 heterocycles. The van der Waals surface area contributed by atoms with Crippen molar-refractivity contribution in [1.29, 1.82) is 0 Å². The molecule has 88 valence electrons. The van der Waals surface area contributed by atoms with Crippen LogP contribution >= 0.6 is 10.5 Å². The van der Waals surface area contributed by atoms with Gasteiger partial charge in [0.15, 0.2) is 0 Å². The molecular formula is C15H22S. The zero-order valence-corrected chi connectivity index (χ0v) is 11.6. The molecule has 1 aromatic rings. The van der Waals surface area contributed by atoms with Crippen LogP contribution in [0.1, 0.15) is 33.3 Å². The van der Waals surface area contributed by atoms with E-state index in [1.54, 1.807) is 5.56 Å². The molecule has 0 radical (unpaired) electrons. The van der Waals surface area contributed by atoms with E-state index in [0.717, 1.165) is 0 Å². The summed E-state index contributed by atoms with van der Waals surface area (Å²) in [5, 5.41) is 0. The van der Waals surface area contributed by atoms with Gasteiger partial charge < -0.3 is 0 Å². The van der Waals surface area contributed by atoms with Gasteiger partial charge in [0.2, 0.25) is 0 Å².